The van der Waals surface area contributed by atoms with Crippen LogP contribution in [-0.2, 0) is 4.79 Å². The van der Waals surface area contributed by atoms with Gasteiger partial charge in [-0.2, -0.15) is 0 Å². The normalized spacial score (nSPS) is 29.1. The fourth-order valence-electron chi connectivity index (χ4n) is 6.03. The predicted octanol–water partition coefficient (Wildman–Crippen LogP) is 4.60. The van der Waals surface area contributed by atoms with Gasteiger partial charge in [-0.05, 0) is 74.1 Å². The van der Waals surface area contributed by atoms with Crippen molar-refractivity contribution in [2.45, 2.75) is 45.6 Å². The van der Waals surface area contributed by atoms with Crippen LogP contribution in [0.5, 0.6) is 17.2 Å². The minimum atomic E-state index is -0.609. The highest BCUT2D eigenvalue weighted by Crippen LogP contribution is 2.62. The van der Waals surface area contributed by atoms with E-state index in [9.17, 15) is 20.1 Å². The van der Waals surface area contributed by atoms with Crippen molar-refractivity contribution in [1.29, 1.82) is 0 Å². The molecule has 2 saturated carbocycles. The van der Waals surface area contributed by atoms with Crippen LogP contribution < -0.4 is 5.32 Å². The van der Waals surface area contributed by atoms with Crippen LogP contribution in [0.25, 0.3) is 11.1 Å². The van der Waals surface area contributed by atoms with Crippen LogP contribution in [0.15, 0.2) is 42.0 Å². The number of carbonyl (C=O) groups is 1. The Balaban J connectivity index is 1.47. The number of phenolic OH excluding ortho intramolecular Hbond substituents is 3. The second-order valence-corrected chi connectivity index (χ2v) is 9.70. The molecule has 3 aliphatic rings. The summed E-state index contributed by atoms with van der Waals surface area (Å²) in [6.07, 6.45) is 4.75. The Morgan fingerprint density at radius 2 is 1.90 bits per heavy atom. The fourth-order valence-corrected chi connectivity index (χ4v) is 6.03. The number of hydrogen-bond donors (Lipinski definition) is 4. The smallest absolute Gasteiger partial charge is 0.227 e. The topological polar surface area (TPSA) is 89.8 Å². The lowest BCUT2D eigenvalue weighted by Gasteiger charge is -2.61. The van der Waals surface area contributed by atoms with Crippen molar-refractivity contribution < 1.29 is 20.1 Å². The van der Waals surface area contributed by atoms with E-state index < -0.39 is 5.92 Å². The molecule has 3 aliphatic carbocycles. The molecule has 0 aromatic heterocycles. The zero-order chi connectivity index (χ0) is 22.0. The Labute approximate surface area is 182 Å². The van der Waals surface area contributed by atoms with Crippen LogP contribution in [0.1, 0.15) is 43.7 Å². The van der Waals surface area contributed by atoms with Crippen molar-refractivity contribution in [3.63, 3.8) is 0 Å². The maximum absolute atomic E-state index is 13.3. The molecule has 0 heterocycles. The number of rotatable bonds is 4. The molecule has 5 nitrogen and oxygen atoms in total. The first-order valence-electron chi connectivity index (χ1n) is 11.1. The van der Waals surface area contributed by atoms with Crippen molar-refractivity contribution in [3.8, 4) is 28.4 Å². The number of benzene rings is 2. The van der Waals surface area contributed by atoms with Crippen LogP contribution in [-0.4, -0.2) is 27.3 Å². The molecule has 162 valence electrons. The lowest BCUT2D eigenvalue weighted by atomic mass is 9.45. The molecule has 2 aromatic carbocycles. The molecule has 4 N–H and O–H groups in total. The zero-order valence-corrected chi connectivity index (χ0v) is 18.1. The standard InChI is InChI=1S/C26H29NO4/c1-12-4-5-21(29)19(6-12)24-18(10-17(28)11-22(24)30)14(3)26(31)27-25-13(2)7-15-8-16-9-20(25)23(15)16/h4-7,10-11,13-14,16,20,23,25,28-30H,8-9H2,1-3H3,(H,27,31). The highest BCUT2D eigenvalue weighted by Gasteiger charge is 2.56. The Morgan fingerprint density at radius 1 is 1.13 bits per heavy atom. The molecule has 2 aromatic rings. The van der Waals surface area contributed by atoms with E-state index in [0.29, 0.717) is 34.4 Å². The van der Waals surface area contributed by atoms with Gasteiger partial charge in [0.25, 0.3) is 0 Å². The molecule has 0 saturated heterocycles. The summed E-state index contributed by atoms with van der Waals surface area (Å²) in [4.78, 5) is 13.3. The average Bonchev–Trinajstić information content (AvgIpc) is 2.68. The van der Waals surface area contributed by atoms with Gasteiger partial charge in [0.2, 0.25) is 5.91 Å². The van der Waals surface area contributed by atoms with E-state index in [4.69, 9.17) is 0 Å². The molecule has 1 amide bonds. The van der Waals surface area contributed by atoms with Crippen molar-refractivity contribution in [1.82, 2.24) is 5.32 Å². The Kier molecular flexibility index (Phi) is 4.54. The van der Waals surface area contributed by atoms with E-state index >= 15 is 0 Å². The number of carbonyl (C=O) groups excluding carboxylic acids is 1. The van der Waals surface area contributed by atoms with Gasteiger partial charge in [0, 0.05) is 23.2 Å². The highest BCUT2D eigenvalue weighted by atomic mass is 16.3. The van der Waals surface area contributed by atoms with Gasteiger partial charge in [-0.15, -0.1) is 0 Å². The molecule has 0 spiro atoms. The molecule has 5 rings (SSSR count). The molecule has 0 radical (unpaired) electrons. The molecule has 6 atom stereocenters. The third-order valence-corrected chi connectivity index (χ3v) is 7.70. The number of aromatic hydroxyl groups is 3. The largest absolute Gasteiger partial charge is 0.508 e. The summed E-state index contributed by atoms with van der Waals surface area (Å²) in [5.74, 6) is 1.28. The molecule has 5 heteroatoms. The summed E-state index contributed by atoms with van der Waals surface area (Å²) in [7, 11) is 0. The summed E-state index contributed by atoms with van der Waals surface area (Å²) in [6, 6.07) is 7.99. The number of amides is 1. The third-order valence-electron chi connectivity index (χ3n) is 7.70. The first kappa shape index (κ1) is 20.0. The molecule has 31 heavy (non-hydrogen) atoms. The van der Waals surface area contributed by atoms with Gasteiger partial charge < -0.3 is 20.6 Å². The van der Waals surface area contributed by atoms with E-state index in [1.165, 1.54) is 25.0 Å². The van der Waals surface area contributed by atoms with Crippen molar-refractivity contribution in [2.24, 2.45) is 23.7 Å². The Morgan fingerprint density at radius 3 is 2.65 bits per heavy atom. The molecule has 6 unspecified atom stereocenters. The minimum absolute atomic E-state index is 0.0181. The quantitative estimate of drug-likeness (QED) is 0.545. The summed E-state index contributed by atoms with van der Waals surface area (Å²) in [6.45, 7) is 5.84. The van der Waals surface area contributed by atoms with Gasteiger partial charge in [0.1, 0.15) is 17.2 Å². The summed E-state index contributed by atoms with van der Waals surface area (Å²) in [5.41, 5.74) is 3.81. The molecular formula is C26H29NO4. The van der Waals surface area contributed by atoms with Crippen molar-refractivity contribution in [2.75, 3.05) is 0 Å². The van der Waals surface area contributed by atoms with Crippen LogP contribution in [0.4, 0.5) is 0 Å². The minimum Gasteiger partial charge on any atom is -0.508 e. The number of nitrogens with one attached hydrogen (secondary N) is 1. The van der Waals surface area contributed by atoms with Gasteiger partial charge in [-0.3, -0.25) is 4.79 Å². The van der Waals surface area contributed by atoms with E-state index in [1.54, 1.807) is 30.7 Å². The van der Waals surface area contributed by atoms with E-state index in [1.807, 2.05) is 6.92 Å². The van der Waals surface area contributed by atoms with Crippen LogP contribution in [0.3, 0.4) is 0 Å². The van der Waals surface area contributed by atoms with Crippen LogP contribution in [0, 0.1) is 30.6 Å². The van der Waals surface area contributed by atoms with E-state index in [0.717, 1.165) is 11.5 Å². The number of allylic oxidation sites excluding steroid dienone is 1. The zero-order valence-electron chi connectivity index (χ0n) is 18.1. The average molecular weight is 420 g/mol. The number of phenols is 3. The second-order valence-electron chi connectivity index (χ2n) is 9.70. The first-order chi connectivity index (χ1) is 14.7. The lowest BCUT2D eigenvalue weighted by molar-refractivity contribution is -0.125. The maximum atomic E-state index is 13.3. The first-order valence-corrected chi connectivity index (χ1v) is 11.1. The van der Waals surface area contributed by atoms with Gasteiger partial charge in [-0.1, -0.05) is 30.2 Å². The molecule has 2 fully saturated rings. The van der Waals surface area contributed by atoms with E-state index in [2.05, 4.69) is 18.3 Å². The van der Waals surface area contributed by atoms with Crippen molar-refractivity contribution >= 4 is 5.91 Å². The van der Waals surface area contributed by atoms with Crippen molar-refractivity contribution in [3.05, 3.63) is 53.1 Å². The Hall–Kier alpha value is -2.95. The molecule has 0 bridgehead atoms. The second kappa shape index (κ2) is 7.04. The highest BCUT2D eigenvalue weighted by molar-refractivity contribution is 5.89. The molecule has 0 aliphatic heterocycles. The SMILES string of the molecule is Cc1ccc(O)c(-c2c(O)cc(O)cc2C(C)C(=O)NC2C(C)C=C3CC4CC2C34)c1. The number of aryl methyl sites for hydroxylation is 1. The summed E-state index contributed by atoms with van der Waals surface area (Å²) < 4.78 is 0. The third kappa shape index (κ3) is 3.10. The molecular weight excluding hydrogens is 390 g/mol. The summed E-state index contributed by atoms with van der Waals surface area (Å²) >= 11 is 0. The van der Waals surface area contributed by atoms with Crippen LogP contribution >= 0.6 is 0 Å². The predicted molar refractivity (Wildman–Crippen MR) is 119 cm³/mol. The van der Waals surface area contributed by atoms with Crippen LogP contribution in [0.2, 0.25) is 0 Å². The lowest BCUT2D eigenvalue weighted by Crippen LogP contribution is -2.60. The summed E-state index contributed by atoms with van der Waals surface area (Å²) in [5, 5.41) is 34.5. The fraction of sp³-hybridized carbons (Fsp3) is 0.423. The number of hydrogen-bond acceptors (Lipinski definition) is 4. The monoisotopic (exact) mass is 419 g/mol. The Bertz CT molecular complexity index is 1100. The maximum Gasteiger partial charge on any atom is 0.227 e. The van der Waals surface area contributed by atoms with E-state index in [-0.39, 0.29) is 29.2 Å². The van der Waals surface area contributed by atoms with Gasteiger partial charge in [0.15, 0.2) is 0 Å². The van der Waals surface area contributed by atoms with Gasteiger partial charge >= 0.3 is 0 Å². The van der Waals surface area contributed by atoms with Gasteiger partial charge in [0.05, 0.1) is 5.92 Å². The van der Waals surface area contributed by atoms with Gasteiger partial charge in [-0.25, -0.2) is 0 Å².